The Bertz CT molecular complexity index is 700. The van der Waals surface area contributed by atoms with Crippen LogP contribution in [0.2, 0.25) is 0 Å². The van der Waals surface area contributed by atoms with Crippen molar-refractivity contribution >= 4 is 23.5 Å². The van der Waals surface area contributed by atoms with Crippen LogP contribution in [-0.2, 0) is 0 Å². The summed E-state index contributed by atoms with van der Waals surface area (Å²) in [6.07, 6.45) is 2.15. The van der Waals surface area contributed by atoms with Crippen LogP contribution in [0.1, 0.15) is 40.5 Å². The Kier molecular flexibility index (Phi) is 5.68. The zero-order valence-electron chi connectivity index (χ0n) is 13.0. The maximum atomic E-state index is 12.2. The van der Waals surface area contributed by atoms with Crippen LogP contribution in [0.3, 0.4) is 0 Å². The minimum atomic E-state index is -0.570. The number of carbonyl (C=O) groups excluding carboxylic acids is 2. The number of hydrogen-bond acceptors (Lipinski definition) is 4. The molecule has 0 saturated carbocycles. The third-order valence-corrected chi connectivity index (χ3v) is 3.24. The van der Waals surface area contributed by atoms with Crippen molar-refractivity contribution in [3.8, 4) is 0 Å². The van der Waals surface area contributed by atoms with Crippen molar-refractivity contribution in [1.29, 1.82) is 0 Å². The average molecular weight is 312 g/mol. The van der Waals surface area contributed by atoms with E-state index in [1.165, 1.54) is 6.07 Å². The van der Waals surface area contributed by atoms with Crippen molar-refractivity contribution in [1.82, 2.24) is 4.98 Å². The van der Waals surface area contributed by atoms with Crippen LogP contribution in [0.5, 0.6) is 0 Å². The number of nitrogens with two attached hydrogens (primary N) is 1. The highest BCUT2D eigenvalue weighted by Gasteiger charge is 2.09. The molecule has 0 atom stereocenters. The molecule has 2 rings (SSSR count). The van der Waals surface area contributed by atoms with Crippen LogP contribution in [0.25, 0.3) is 0 Å². The second kappa shape index (κ2) is 7.93. The van der Waals surface area contributed by atoms with Gasteiger partial charge in [0.2, 0.25) is 5.91 Å². The number of aromatic nitrogens is 1. The fourth-order valence-electron chi connectivity index (χ4n) is 2.00. The Morgan fingerprint density at radius 1 is 1.09 bits per heavy atom. The van der Waals surface area contributed by atoms with E-state index in [0.717, 1.165) is 19.4 Å². The zero-order valence-corrected chi connectivity index (χ0v) is 13.0. The number of pyridine rings is 1. The monoisotopic (exact) mass is 312 g/mol. The summed E-state index contributed by atoms with van der Waals surface area (Å²) in [5.41, 5.74) is 5.87. The highest BCUT2D eigenvalue weighted by atomic mass is 16.2. The molecular formula is C17H20N4O2. The average Bonchev–Trinajstić information content (AvgIpc) is 2.55. The van der Waals surface area contributed by atoms with Crippen molar-refractivity contribution in [2.24, 2.45) is 5.73 Å². The van der Waals surface area contributed by atoms with Crippen molar-refractivity contribution in [2.75, 3.05) is 17.2 Å². The van der Waals surface area contributed by atoms with Crippen molar-refractivity contribution in [3.63, 3.8) is 0 Å². The van der Waals surface area contributed by atoms with E-state index in [1.54, 1.807) is 24.3 Å². The number of rotatable bonds is 7. The molecule has 23 heavy (non-hydrogen) atoms. The smallest absolute Gasteiger partial charge is 0.256 e. The summed E-state index contributed by atoms with van der Waals surface area (Å²) >= 11 is 0. The van der Waals surface area contributed by atoms with Gasteiger partial charge in [-0.25, -0.2) is 4.98 Å². The third-order valence-electron chi connectivity index (χ3n) is 3.24. The van der Waals surface area contributed by atoms with Gasteiger partial charge in [0, 0.05) is 17.7 Å². The van der Waals surface area contributed by atoms with E-state index in [4.69, 9.17) is 5.73 Å². The Morgan fingerprint density at radius 3 is 2.52 bits per heavy atom. The van der Waals surface area contributed by atoms with Crippen LogP contribution in [0, 0.1) is 0 Å². The summed E-state index contributed by atoms with van der Waals surface area (Å²) in [5, 5.41) is 5.91. The molecule has 2 aromatic rings. The molecule has 1 aromatic heterocycles. The Labute approximate surface area is 135 Å². The van der Waals surface area contributed by atoms with Crippen LogP contribution in [0.4, 0.5) is 11.6 Å². The standard InChI is InChI=1S/C17H20N4O2/c1-2-3-10-19-14-8-5-9-15(20-14)21-17(23)13-7-4-6-12(11-13)16(18)22/h4-9,11H,2-3,10H2,1H3,(H2,18,22)(H2,19,20,21,23). The number of nitrogens with zero attached hydrogens (tertiary/aromatic N) is 1. The third kappa shape index (κ3) is 4.81. The van der Waals surface area contributed by atoms with Crippen LogP contribution in [0.15, 0.2) is 42.5 Å². The number of unbranched alkanes of at least 4 members (excludes halogenated alkanes) is 1. The summed E-state index contributed by atoms with van der Waals surface area (Å²) in [6, 6.07) is 11.6. The number of amides is 2. The SMILES string of the molecule is CCCCNc1cccc(NC(=O)c2cccc(C(N)=O)c2)n1. The largest absolute Gasteiger partial charge is 0.370 e. The predicted molar refractivity (Wildman–Crippen MR) is 90.5 cm³/mol. The second-order valence-corrected chi connectivity index (χ2v) is 5.09. The highest BCUT2D eigenvalue weighted by molar-refractivity contribution is 6.05. The van der Waals surface area contributed by atoms with Gasteiger partial charge in [-0.15, -0.1) is 0 Å². The van der Waals surface area contributed by atoms with Gasteiger partial charge in [-0.2, -0.15) is 0 Å². The summed E-state index contributed by atoms with van der Waals surface area (Å²) in [7, 11) is 0. The summed E-state index contributed by atoms with van der Waals surface area (Å²) in [4.78, 5) is 27.7. The lowest BCUT2D eigenvalue weighted by Crippen LogP contribution is -2.16. The normalized spacial score (nSPS) is 10.1. The lowest BCUT2D eigenvalue weighted by Gasteiger charge is -2.08. The second-order valence-electron chi connectivity index (χ2n) is 5.09. The number of hydrogen-bond donors (Lipinski definition) is 3. The van der Waals surface area contributed by atoms with Gasteiger partial charge in [0.15, 0.2) is 0 Å². The van der Waals surface area contributed by atoms with E-state index in [0.29, 0.717) is 22.8 Å². The fraction of sp³-hybridized carbons (Fsp3) is 0.235. The minimum absolute atomic E-state index is 0.292. The van der Waals surface area contributed by atoms with Crippen LogP contribution in [-0.4, -0.2) is 23.3 Å². The van der Waals surface area contributed by atoms with Crippen molar-refractivity contribution < 1.29 is 9.59 Å². The molecule has 2 amide bonds. The van der Waals surface area contributed by atoms with E-state index < -0.39 is 5.91 Å². The maximum absolute atomic E-state index is 12.2. The number of anilines is 2. The molecule has 0 aliphatic rings. The molecule has 0 aliphatic heterocycles. The Balaban J connectivity index is 2.06. The first-order valence-electron chi connectivity index (χ1n) is 7.52. The quantitative estimate of drug-likeness (QED) is 0.685. The highest BCUT2D eigenvalue weighted by Crippen LogP contribution is 2.12. The van der Waals surface area contributed by atoms with Crippen molar-refractivity contribution in [3.05, 3.63) is 53.6 Å². The van der Waals surface area contributed by atoms with Gasteiger partial charge < -0.3 is 16.4 Å². The summed E-state index contributed by atoms with van der Waals surface area (Å²) in [6.45, 7) is 2.95. The Morgan fingerprint density at radius 2 is 1.78 bits per heavy atom. The van der Waals surface area contributed by atoms with E-state index >= 15 is 0 Å². The van der Waals surface area contributed by atoms with Gasteiger partial charge in [-0.1, -0.05) is 25.5 Å². The molecule has 4 N–H and O–H groups in total. The number of carbonyl (C=O) groups is 2. The molecule has 0 spiro atoms. The van der Waals surface area contributed by atoms with Gasteiger partial charge in [0.25, 0.3) is 5.91 Å². The molecule has 0 fully saturated rings. The molecule has 6 nitrogen and oxygen atoms in total. The molecule has 0 unspecified atom stereocenters. The molecule has 0 saturated heterocycles. The number of nitrogens with one attached hydrogen (secondary N) is 2. The van der Waals surface area contributed by atoms with Gasteiger partial charge in [-0.3, -0.25) is 9.59 Å². The van der Waals surface area contributed by atoms with Gasteiger partial charge in [-0.05, 0) is 36.8 Å². The lowest BCUT2D eigenvalue weighted by atomic mass is 10.1. The van der Waals surface area contributed by atoms with Gasteiger partial charge in [0.1, 0.15) is 11.6 Å². The fourth-order valence-corrected chi connectivity index (χ4v) is 2.00. The molecule has 1 heterocycles. The zero-order chi connectivity index (χ0) is 16.7. The number of benzene rings is 1. The van der Waals surface area contributed by atoms with Crippen molar-refractivity contribution in [2.45, 2.75) is 19.8 Å². The van der Waals surface area contributed by atoms with E-state index in [9.17, 15) is 9.59 Å². The predicted octanol–water partition coefficient (Wildman–Crippen LogP) is 2.64. The van der Waals surface area contributed by atoms with E-state index in [1.807, 2.05) is 12.1 Å². The van der Waals surface area contributed by atoms with Gasteiger partial charge in [0.05, 0.1) is 0 Å². The first-order chi connectivity index (χ1) is 11.1. The maximum Gasteiger partial charge on any atom is 0.256 e. The van der Waals surface area contributed by atoms with Gasteiger partial charge >= 0.3 is 0 Å². The molecule has 120 valence electrons. The van der Waals surface area contributed by atoms with E-state index in [2.05, 4.69) is 22.5 Å². The van der Waals surface area contributed by atoms with E-state index in [-0.39, 0.29) is 5.91 Å². The minimum Gasteiger partial charge on any atom is -0.370 e. The lowest BCUT2D eigenvalue weighted by molar-refractivity contribution is 0.1000. The topological polar surface area (TPSA) is 97.1 Å². The summed E-state index contributed by atoms with van der Waals surface area (Å²) < 4.78 is 0. The van der Waals surface area contributed by atoms with Crippen LogP contribution < -0.4 is 16.4 Å². The van der Waals surface area contributed by atoms with Crippen LogP contribution >= 0.6 is 0 Å². The molecule has 0 bridgehead atoms. The first-order valence-corrected chi connectivity index (χ1v) is 7.52. The number of primary amides is 1. The molecule has 0 radical (unpaired) electrons. The molecular weight excluding hydrogens is 292 g/mol. The molecule has 1 aromatic carbocycles. The first kappa shape index (κ1) is 16.5. The summed E-state index contributed by atoms with van der Waals surface area (Å²) in [5.74, 6) is 0.245. The molecule has 6 heteroatoms. The Hall–Kier alpha value is -2.89. The molecule has 0 aliphatic carbocycles.